The van der Waals surface area contributed by atoms with Crippen molar-refractivity contribution in [3.8, 4) is 5.75 Å². The summed E-state index contributed by atoms with van der Waals surface area (Å²) in [5.41, 5.74) is 3.20. The normalized spacial score (nSPS) is 17.8. The van der Waals surface area contributed by atoms with Crippen molar-refractivity contribution in [2.24, 2.45) is 0 Å². The molecule has 0 bridgehead atoms. The van der Waals surface area contributed by atoms with Gasteiger partial charge < -0.3 is 15.1 Å². The molecule has 134 valence electrons. The molecule has 25 heavy (non-hydrogen) atoms. The van der Waals surface area contributed by atoms with Crippen molar-refractivity contribution in [3.05, 3.63) is 65.2 Å². The van der Waals surface area contributed by atoms with Crippen LogP contribution in [-0.2, 0) is 11.8 Å². The molecule has 1 aliphatic rings. The van der Waals surface area contributed by atoms with Gasteiger partial charge in [-0.25, -0.2) is 0 Å². The SMILES string of the molecule is CC(C)N1CCC(c2ccccc2)(c2cc(CCO)ccc2O)CC1. The van der Waals surface area contributed by atoms with Gasteiger partial charge in [0, 0.05) is 23.6 Å². The summed E-state index contributed by atoms with van der Waals surface area (Å²) in [6, 6.07) is 16.9. The van der Waals surface area contributed by atoms with E-state index in [1.54, 1.807) is 6.07 Å². The summed E-state index contributed by atoms with van der Waals surface area (Å²) in [5.74, 6) is 0.364. The van der Waals surface area contributed by atoms with Gasteiger partial charge in [-0.15, -0.1) is 0 Å². The second-order valence-corrected chi connectivity index (χ2v) is 7.40. The van der Waals surface area contributed by atoms with Gasteiger partial charge in [-0.3, -0.25) is 0 Å². The van der Waals surface area contributed by atoms with E-state index in [1.165, 1.54) is 5.56 Å². The van der Waals surface area contributed by atoms with Crippen LogP contribution in [0.2, 0.25) is 0 Å². The van der Waals surface area contributed by atoms with Gasteiger partial charge in [0.2, 0.25) is 0 Å². The molecule has 2 aromatic carbocycles. The number of aliphatic hydroxyl groups is 1. The van der Waals surface area contributed by atoms with Gasteiger partial charge in [0.15, 0.2) is 0 Å². The van der Waals surface area contributed by atoms with Gasteiger partial charge in [-0.05, 0) is 63.4 Å². The largest absolute Gasteiger partial charge is 0.508 e. The van der Waals surface area contributed by atoms with E-state index in [1.807, 2.05) is 12.1 Å². The number of phenolic OH excluding ortho intramolecular Hbond substituents is 1. The molecule has 3 nitrogen and oxygen atoms in total. The number of phenols is 1. The van der Waals surface area contributed by atoms with Crippen LogP contribution in [0.1, 0.15) is 43.4 Å². The molecule has 3 heteroatoms. The molecule has 0 amide bonds. The highest BCUT2D eigenvalue weighted by atomic mass is 16.3. The molecular weight excluding hydrogens is 310 g/mol. The highest BCUT2D eigenvalue weighted by Gasteiger charge is 2.40. The fraction of sp³-hybridized carbons (Fsp3) is 0.455. The first-order chi connectivity index (χ1) is 12.1. The zero-order chi connectivity index (χ0) is 17.9. The first-order valence-electron chi connectivity index (χ1n) is 9.29. The van der Waals surface area contributed by atoms with Crippen LogP contribution in [0.3, 0.4) is 0 Å². The Hall–Kier alpha value is -1.84. The lowest BCUT2D eigenvalue weighted by molar-refractivity contribution is 0.144. The summed E-state index contributed by atoms with van der Waals surface area (Å²) in [6.45, 7) is 6.67. The minimum Gasteiger partial charge on any atom is -0.508 e. The third kappa shape index (κ3) is 3.58. The quantitative estimate of drug-likeness (QED) is 0.872. The predicted octanol–water partition coefficient (Wildman–Crippen LogP) is 3.72. The molecule has 0 unspecified atom stereocenters. The molecule has 0 saturated carbocycles. The minimum absolute atomic E-state index is 0.129. The Morgan fingerprint density at radius 1 is 1.04 bits per heavy atom. The van der Waals surface area contributed by atoms with Gasteiger partial charge in [-0.2, -0.15) is 0 Å². The summed E-state index contributed by atoms with van der Waals surface area (Å²) in [5, 5.41) is 20.0. The van der Waals surface area contributed by atoms with E-state index in [0.29, 0.717) is 18.2 Å². The van der Waals surface area contributed by atoms with Crippen LogP contribution in [0.25, 0.3) is 0 Å². The van der Waals surface area contributed by atoms with E-state index in [9.17, 15) is 10.2 Å². The molecule has 1 aliphatic heterocycles. The first-order valence-corrected chi connectivity index (χ1v) is 9.29. The van der Waals surface area contributed by atoms with E-state index in [-0.39, 0.29) is 12.0 Å². The molecule has 0 aliphatic carbocycles. The van der Waals surface area contributed by atoms with Crippen molar-refractivity contribution < 1.29 is 10.2 Å². The number of likely N-dealkylation sites (tertiary alicyclic amines) is 1. The van der Waals surface area contributed by atoms with Crippen LogP contribution in [0.5, 0.6) is 5.75 Å². The third-order valence-corrected chi connectivity index (χ3v) is 5.69. The molecule has 2 N–H and O–H groups in total. The molecule has 0 spiro atoms. The lowest BCUT2D eigenvalue weighted by Gasteiger charge is -2.44. The van der Waals surface area contributed by atoms with E-state index >= 15 is 0 Å². The van der Waals surface area contributed by atoms with Crippen molar-refractivity contribution in [1.29, 1.82) is 0 Å². The Morgan fingerprint density at radius 2 is 1.72 bits per heavy atom. The second-order valence-electron chi connectivity index (χ2n) is 7.40. The molecule has 1 heterocycles. The number of hydrogen-bond donors (Lipinski definition) is 2. The van der Waals surface area contributed by atoms with Crippen LogP contribution in [-0.4, -0.2) is 40.9 Å². The Kier molecular flexibility index (Phi) is 5.45. The molecule has 1 fully saturated rings. The highest BCUT2D eigenvalue weighted by Crippen LogP contribution is 2.45. The Bertz CT molecular complexity index is 688. The maximum Gasteiger partial charge on any atom is 0.119 e. The summed E-state index contributed by atoms with van der Waals surface area (Å²) in [4.78, 5) is 2.51. The third-order valence-electron chi connectivity index (χ3n) is 5.69. The van der Waals surface area contributed by atoms with Crippen molar-refractivity contribution >= 4 is 0 Å². The van der Waals surface area contributed by atoms with Crippen molar-refractivity contribution in [2.45, 2.75) is 44.6 Å². The number of rotatable bonds is 5. The Morgan fingerprint density at radius 3 is 2.32 bits per heavy atom. The smallest absolute Gasteiger partial charge is 0.119 e. The van der Waals surface area contributed by atoms with Gasteiger partial charge in [-0.1, -0.05) is 42.5 Å². The number of aromatic hydroxyl groups is 1. The fourth-order valence-electron chi connectivity index (χ4n) is 4.14. The topological polar surface area (TPSA) is 43.7 Å². The molecule has 0 atom stereocenters. The van der Waals surface area contributed by atoms with E-state index in [4.69, 9.17) is 0 Å². The molecule has 3 rings (SSSR count). The second kappa shape index (κ2) is 7.59. The maximum absolute atomic E-state index is 10.7. The molecular formula is C22H29NO2. The average Bonchev–Trinajstić information content (AvgIpc) is 2.64. The van der Waals surface area contributed by atoms with Crippen LogP contribution in [0.15, 0.2) is 48.5 Å². The Labute approximate surface area is 150 Å². The van der Waals surface area contributed by atoms with Crippen LogP contribution in [0.4, 0.5) is 0 Å². The van der Waals surface area contributed by atoms with Gasteiger partial charge in [0.1, 0.15) is 5.75 Å². The van der Waals surface area contributed by atoms with Crippen molar-refractivity contribution in [1.82, 2.24) is 4.90 Å². The maximum atomic E-state index is 10.7. The fourth-order valence-corrected chi connectivity index (χ4v) is 4.14. The molecule has 2 aromatic rings. The van der Waals surface area contributed by atoms with E-state index in [2.05, 4.69) is 49.1 Å². The lowest BCUT2D eigenvalue weighted by atomic mass is 9.67. The predicted molar refractivity (Wildman–Crippen MR) is 102 cm³/mol. The molecule has 1 saturated heterocycles. The minimum atomic E-state index is -0.164. The zero-order valence-corrected chi connectivity index (χ0v) is 15.3. The van der Waals surface area contributed by atoms with E-state index < -0.39 is 0 Å². The summed E-state index contributed by atoms with van der Waals surface area (Å²) in [7, 11) is 0. The van der Waals surface area contributed by atoms with Crippen LogP contribution in [0, 0.1) is 0 Å². The van der Waals surface area contributed by atoms with Crippen LogP contribution < -0.4 is 0 Å². The summed E-state index contributed by atoms with van der Waals surface area (Å²) in [6.07, 6.45) is 2.60. The first kappa shape index (κ1) is 18.0. The monoisotopic (exact) mass is 339 g/mol. The lowest BCUT2D eigenvalue weighted by Crippen LogP contribution is -2.45. The summed E-state index contributed by atoms with van der Waals surface area (Å²) < 4.78 is 0. The summed E-state index contributed by atoms with van der Waals surface area (Å²) >= 11 is 0. The molecule has 0 radical (unpaired) electrons. The van der Waals surface area contributed by atoms with Gasteiger partial charge >= 0.3 is 0 Å². The van der Waals surface area contributed by atoms with Crippen LogP contribution >= 0.6 is 0 Å². The van der Waals surface area contributed by atoms with Crippen molar-refractivity contribution in [3.63, 3.8) is 0 Å². The average molecular weight is 339 g/mol. The van der Waals surface area contributed by atoms with Gasteiger partial charge in [0.25, 0.3) is 0 Å². The highest BCUT2D eigenvalue weighted by molar-refractivity contribution is 5.49. The number of benzene rings is 2. The number of aliphatic hydroxyl groups excluding tert-OH is 1. The number of nitrogens with zero attached hydrogens (tertiary/aromatic N) is 1. The number of piperidine rings is 1. The van der Waals surface area contributed by atoms with E-state index in [0.717, 1.165) is 37.1 Å². The standard InChI is InChI=1S/C22H29NO2/c1-17(2)23-13-11-22(12-14-23,19-6-4-3-5-7-19)20-16-18(10-15-24)8-9-21(20)25/h3-9,16-17,24-25H,10-15H2,1-2H3. The zero-order valence-electron chi connectivity index (χ0n) is 15.3. The molecule has 0 aromatic heterocycles. The van der Waals surface area contributed by atoms with Crippen molar-refractivity contribution in [2.75, 3.05) is 19.7 Å². The van der Waals surface area contributed by atoms with Gasteiger partial charge in [0.05, 0.1) is 0 Å². The Balaban J connectivity index is 2.06. The number of hydrogen-bond acceptors (Lipinski definition) is 3.